The molecule has 0 aliphatic rings. The van der Waals surface area contributed by atoms with Crippen LogP contribution in [0.4, 0.5) is 0 Å². The molecule has 0 bridgehead atoms. The first-order chi connectivity index (χ1) is 8.29. The normalized spacial score (nSPS) is 12.6. The zero-order chi connectivity index (χ0) is 12.1. The van der Waals surface area contributed by atoms with Crippen LogP contribution in [0.5, 0.6) is 0 Å². The van der Waals surface area contributed by atoms with Gasteiger partial charge in [0.25, 0.3) is 0 Å². The summed E-state index contributed by atoms with van der Waals surface area (Å²) in [5.74, 6) is 0. The van der Waals surface area contributed by atoms with Crippen molar-refractivity contribution in [1.82, 2.24) is 0 Å². The van der Waals surface area contributed by atoms with E-state index < -0.39 is 0 Å². The molecule has 0 aliphatic heterocycles. The lowest BCUT2D eigenvalue weighted by atomic mass is 10.2. The average Bonchev–Trinajstić information content (AvgIpc) is 2.78. The monoisotopic (exact) mass is 247 g/mol. The van der Waals surface area contributed by atoms with Gasteiger partial charge in [0.1, 0.15) is 6.10 Å². The molecule has 1 aromatic carbocycles. The number of hydrogen-bond donors (Lipinski definition) is 1. The van der Waals surface area contributed by atoms with Crippen molar-refractivity contribution in [3.8, 4) is 0 Å². The second-order valence-electron chi connectivity index (χ2n) is 3.97. The summed E-state index contributed by atoms with van der Waals surface area (Å²) in [4.78, 5) is 2.50. The average molecular weight is 247 g/mol. The molecule has 2 nitrogen and oxygen atoms in total. The molecular weight excluding hydrogens is 230 g/mol. The molecule has 0 saturated heterocycles. The van der Waals surface area contributed by atoms with Crippen LogP contribution in [0.1, 0.15) is 21.4 Å². The number of nitrogens with two attached hydrogens (primary N) is 1. The van der Waals surface area contributed by atoms with Gasteiger partial charge in [-0.3, -0.25) is 0 Å². The molecule has 0 fully saturated rings. The molecule has 1 heterocycles. The first-order valence-electron chi connectivity index (χ1n) is 5.71. The Morgan fingerprint density at radius 1 is 1.18 bits per heavy atom. The van der Waals surface area contributed by atoms with Crippen LogP contribution in [0.25, 0.3) is 0 Å². The zero-order valence-electron chi connectivity index (χ0n) is 9.93. The number of hydrogen-bond acceptors (Lipinski definition) is 3. The van der Waals surface area contributed by atoms with Crippen LogP contribution in [0, 0.1) is 6.92 Å². The van der Waals surface area contributed by atoms with Crippen LogP contribution >= 0.6 is 11.3 Å². The molecule has 1 unspecified atom stereocenters. The van der Waals surface area contributed by atoms with Crippen molar-refractivity contribution in [1.29, 1.82) is 0 Å². The molecule has 90 valence electrons. The summed E-state index contributed by atoms with van der Waals surface area (Å²) in [6, 6.07) is 14.4. The predicted molar refractivity (Wildman–Crippen MR) is 72.1 cm³/mol. The van der Waals surface area contributed by atoms with Crippen molar-refractivity contribution < 1.29 is 4.74 Å². The van der Waals surface area contributed by atoms with Crippen LogP contribution in [-0.2, 0) is 11.3 Å². The van der Waals surface area contributed by atoms with Crippen molar-refractivity contribution in [2.75, 3.05) is 6.54 Å². The Balaban J connectivity index is 1.97. The van der Waals surface area contributed by atoms with Crippen molar-refractivity contribution in [3.63, 3.8) is 0 Å². The van der Waals surface area contributed by atoms with Gasteiger partial charge in [-0.25, -0.2) is 0 Å². The van der Waals surface area contributed by atoms with Crippen LogP contribution in [0.3, 0.4) is 0 Å². The zero-order valence-corrected chi connectivity index (χ0v) is 10.7. The van der Waals surface area contributed by atoms with Crippen LogP contribution in [0.2, 0.25) is 0 Å². The van der Waals surface area contributed by atoms with Crippen molar-refractivity contribution in [2.45, 2.75) is 19.6 Å². The van der Waals surface area contributed by atoms with Crippen LogP contribution in [-0.4, -0.2) is 6.54 Å². The van der Waals surface area contributed by atoms with Gasteiger partial charge in [-0.15, -0.1) is 11.3 Å². The fraction of sp³-hybridized carbons (Fsp3) is 0.286. The van der Waals surface area contributed by atoms with Gasteiger partial charge >= 0.3 is 0 Å². The minimum atomic E-state index is 0.00825. The topological polar surface area (TPSA) is 35.2 Å². The quantitative estimate of drug-likeness (QED) is 0.880. The lowest BCUT2D eigenvalue weighted by Crippen LogP contribution is -2.14. The summed E-state index contributed by atoms with van der Waals surface area (Å²) in [6.07, 6.45) is 0.00825. The van der Waals surface area contributed by atoms with Gasteiger partial charge in [-0.2, -0.15) is 0 Å². The van der Waals surface area contributed by atoms with Crippen molar-refractivity contribution >= 4 is 11.3 Å². The van der Waals surface area contributed by atoms with E-state index >= 15 is 0 Å². The molecule has 17 heavy (non-hydrogen) atoms. The van der Waals surface area contributed by atoms with E-state index in [9.17, 15) is 0 Å². The Morgan fingerprint density at radius 3 is 2.53 bits per heavy atom. The van der Waals surface area contributed by atoms with E-state index in [1.807, 2.05) is 18.2 Å². The maximum absolute atomic E-state index is 5.86. The molecule has 2 N–H and O–H groups in total. The molecule has 3 heteroatoms. The van der Waals surface area contributed by atoms with E-state index in [-0.39, 0.29) is 6.10 Å². The Kier molecular flexibility index (Phi) is 4.31. The summed E-state index contributed by atoms with van der Waals surface area (Å²) in [5.41, 5.74) is 6.94. The number of ether oxygens (including phenoxy) is 1. The highest BCUT2D eigenvalue weighted by Crippen LogP contribution is 2.25. The number of aryl methyl sites for hydroxylation is 1. The van der Waals surface area contributed by atoms with Gasteiger partial charge in [0.05, 0.1) is 6.61 Å². The SMILES string of the molecule is Cc1ccc(C(CN)OCc2ccccc2)s1. The van der Waals surface area contributed by atoms with Gasteiger partial charge in [0.2, 0.25) is 0 Å². The first-order valence-corrected chi connectivity index (χ1v) is 6.53. The maximum atomic E-state index is 5.86. The summed E-state index contributed by atoms with van der Waals surface area (Å²) in [7, 11) is 0. The molecular formula is C14H17NOS. The molecule has 0 saturated carbocycles. The summed E-state index contributed by atoms with van der Waals surface area (Å²) < 4.78 is 5.86. The van der Waals surface area contributed by atoms with Gasteiger partial charge in [-0.05, 0) is 24.6 Å². The van der Waals surface area contributed by atoms with Crippen LogP contribution in [0.15, 0.2) is 42.5 Å². The van der Waals surface area contributed by atoms with E-state index in [0.717, 1.165) is 0 Å². The lowest BCUT2D eigenvalue weighted by molar-refractivity contribution is 0.0480. The molecule has 0 radical (unpaired) electrons. The third-order valence-corrected chi connectivity index (χ3v) is 3.68. The van der Waals surface area contributed by atoms with Crippen LogP contribution < -0.4 is 5.73 Å². The van der Waals surface area contributed by atoms with Gasteiger partial charge in [-0.1, -0.05) is 30.3 Å². The van der Waals surface area contributed by atoms with Gasteiger partial charge in [0.15, 0.2) is 0 Å². The maximum Gasteiger partial charge on any atom is 0.104 e. The Morgan fingerprint density at radius 2 is 1.94 bits per heavy atom. The predicted octanol–water partition coefficient (Wildman–Crippen LogP) is 3.27. The van der Waals surface area contributed by atoms with E-state index in [2.05, 4.69) is 31.2 Å². The summed E-state index contributed by atoms with van der Waals surface area (Å²) in [5, 5.41) is 0. The van der Waals surface area contributed by atoms with E-state index in [0.29, 0.717) is 13.2 Å². The largest absolute Gasteiger partial charge is 0.367 e. The second kappa shape index (κ2) is 5.96. The fourth-order valence-electron chi connectivity index (χ4n) is 1.66. The molecule has 0 spiro atoms. The smallest absolute Gasteiger partial charge is 0.104 e. The third kappa shape index (κ3) is 3.40. The highest BCUT2D eigenvalue weighted by molar-refractivity contribution is 7.12. The van der Waals surface area contributed by atoms with Crippen molar-refractivity contribution in [3.05, 3.63) is 57.8 Å². The fourth-order valence-corrected chi connectivity index (χ4v) is 2.60. The van der Waals surface area contributed by atoms with E-state index in [1.165, 1.54) is 15.3 Å². The Hall–Kier alpha value is -1.16. The highest BCUT2D eigenvalue weighted by atomic mass is 32.1. The van der Waals surface area contributed by atoms with Gasteiger partial charge < -0.3 is 10.5 Å². The third-order valence-electron chi connectivity index (χ3n) is 2.59. The molecule has 0 aliphatic carbocycles. The summed E-state index contributed by atoms with van der Waals surface area (Å²) >= 11 is 1.75. The molecule has 2 aromatic rings. The van der Waals surface area contributed by atoms with Crippen molar-refractivity contribution in [2.24, 2.45) is 5.73 Å². The second-order valence-corrected chi connectivity index (χ2v) is 5.29. The Labute approximate surface area is 106 Å². The minimum absolute atomic E-state index is 0.00825. The molecule has 1 aromatic heterocycles. The Bertz CT molecular complexity index is 452. The standard InChI is InChI=1S/C14H17NOS/c1-11-7-8-14(17-11)13(9-15)16-10-12-5-3-2-4-6-12/h2-8,13H,9-10,15H2,1H3. The number of rotatable bonds is 5. The minimum Gasteiger partial charge on any atom is -0.367 e. The van der Waals surface area contributed by atoms with Gasteiger partial charge in [0, 0.05) is 16.3 Å². The first kappa shape index (κ1) is 12.3. The molecule has 2 rings (SSSR count). The number of benzene rings is 1. The van der Waals surface area contributed by atoms with E-state index in [4.69, 9.17) is 10.5 Å². The molecule has 1 atom stereocenters. The highest BCUT2D eigenvalue weighted by Gasteiger charge is 2.12. The van der Waals surface area contributed by atoms with E-state index in [1.54, 1.807) is 11.3 Å². The molecule has 0 amide bonds. The lowest BCUT2D eigenvalue weighted by Gasteiger charge is -2.14. The summed E-state index contributed by atoms with van der Waals surface area (Å²) in [6.45, 7) is 3.23. The number of thiophene rings is 1.